The average molecular weight is 361 g/mol. The Bertz CT molecular complexity index is 1000. The number of rotatable bonds is 5. The molecule has 2 aromatic carbocycles. The number of fused-ring (bicyclic) bond motifs is 1. The molecule has 0 fully saturated rings. The van der Waals surface area contributed by atoms with Crippen LogP contribution in [-0.2, 0) is 0 Å². The molecule has 6 heteroatoms. The molecule has 4 rings (SSSR count). The molecule has 1 aromatic heterocycles. The van der Waals surface area contributed by atoms with Gasteiger partial charge in [0.1, 0.15) is 0 Å². The summed E-state index contributed by atoms with van der Waals surface area (Å²) < 4.78 is 15.6. The molecule has 0 radical (unpaired) electrons. The minimum Gasteiger partial charge on any atom is -0.459 e. The molecule has 1 N–H and O–H groups in total. The second-order valence-corrected chi connectivity index (χ2v) is 5.82. The summed E-state index contributed by atoms with van der Waals surface area (Å²) in [5.41, 5.74) is 1.94. The number of amides is 1. The number of anilines is 1. The highest BCUT2D eigenvalue weighted by Gasteiger charge is 2.12. The van der Waals surface area contributed by atoms with Crippen LogP contribution in [0.1, 0.15) is 26.5 Å². The molecule has 0 unspecified atom stereocenters. The first-order chi connectivity index (χ1) is 13.2. The van der Waals surface area contributed by atoms with Gasteiger partial charge in [-0.05, 0) is 60.2 Å². The summed E-state index contributed by atoms with van der Waals surface area (Å²) in [6.45, 7) is 0.213. The molecular weight excluding hydrogens is 346 g/mol. The van der Waals surface area contributed by atoms with Crippen LogP contribution in [0.5, 0.6) is 11.5 Å². The molecule has 27 heavy (non-hydrogen) atoms. The number of hydrogen-bond acceptors (Lipinski definition) is 5. The third-order valence-corrected chi connectivity index (χ3v) is 4.00. The Morgan fingerprint density at radius 1 is 0.963 bits per heavy atom. The van der Waals surface area contributed by atoms with Crippen molar-refractivity contribution >= 4 is 23.5 Å². The topological polar surface area (TPSA) is 77.8 Å². The number of carbonyl (C=O) groups excluding carboxylic acids is 2. The van der Waals surface area contributed by atoms with Crippen molar-refractivity contribution in [2.24, 2.45) is 0 Å². The third-order valence-electron chi connectivity index (χ3n) is 4.00. The zero-order chi connectivity index (χ0) is 18.6. The summed E-state index contributed by atoms with van der Waals surface area (Å²) in [5.74, 6) is 1.10. The fourth-order valence-corrected chi connectivity index (χ4v) is 2.60. The van der Waals surface area contributed by atoms with E-state index >= 15 is 0 Å². The van der Waals surface area contributed by atoms with Crippen molar-refractivity contribution in [3.05, 3.63) is 83.8 Å². The van der Waals surface area contributed by atoms with Gasteiger partial charge in [-0.25, -0.2) is 0 Å². The fourth-order valence-electron chi connectivity index (χ4n) is 2.60. The molecule has 0 atom stereocenters. The van der Waals surface area contributed by atoms with Crippen molar-refractivity contribution in [1.29, 1.82) is 0 Å². The summed E-state index contributed by atoms with van der Waals surface area (Å²) in [6.07, 6.45) is 4.65. The number of hydrogen-bond donors (Lipinski definition) is 1. The average Bonchev–Trinajstić information content (AvgIpc) is 3.38. The van der Waals surface area contributed by atoms with E-state index in [1.807, 2.05) is 18.2 Å². The zero-order valence-electron chi connectivity index (χ0n) is 14.2. The van der Waals surface area contributed by atoms with Crippen molar-refractivity contribution in [2.75, 3.05) is 12.1 Å². The fraction of sp³-hybridized carbons (Fsp3) is 0.0476. The lowest BCUT2D eigenvalue weighted by Gasteiger charge is -2.04. The molecule has 0 aliphatic carbocycles. The molecule has 0 saturated carbocycles. The maximum atomic E-state index is 12.3. The summed E-state index contributed by atoms with van der Waals surface area (Å²) in [4.78, 5) is 24.3. The van der Waals surface area contributed by atoms with Crippen LogP contribution in [0, 0.1) is 0 Å². The maximum absolute atomic E-state index is 12.3. The molecule has 2 heterocycles. The van der Waals surface area contributed by atoms with E-state index in [2.05, 4.69) is 5.32 Å². The number of furan rings is 1. The van der Waals surface area contributed by atoms with Crippen LogP contribution < -0.4 is 14.8 Å². The van der Waals surface area contributed by atoms with Crippen molar-refractivity contribution in [1.82, 2.24) is 0 Å². The van der Waals surface area contributed by atoms with Gasteiger partial charge in [-0.1, -0.05) is 12.1 Å². The van der Waals surface area contributed by atoms with Gasteiger partial charge < -0.3 is 19.2 Å². The first-order valence-corrected chi connectivity index (χ1v) is 8.26. The molecule has 3 aromatic rings. The van der Waals surface area contributed by atoms with Crippen LogP contribution in [0.2, 0.25) is 0 Å². The first kappa shape index (κ1) is 16.7. The predicted octanol–water partition coefficient (Wildman–Crippen LogP) is 4.16. The number of allylic oxidation sites excluding steroid dienone is 1. The summed E-state index contributed by atoms with van der Waals surface area (Å²) >= 11 is 0. The second kappa shape index (κ2) is 7.21. The lowest BCUT2D eigenvalue weighted by Crippen LogP contribution is -2.10. The second-order valence-electron chi connectivity index (χ2n) is 5.82. The minimum absolute atomic E-state index is 0.142. The molecule has 1 aliphatic rings. The van der Waals surface area contributed by atoms with Gasteiger partial charge in [0.25, 0.3) is 5.91 Å². The standard InChI is InChI=1S/C21H15NO5/c23-17(9-3-14-4-10-18-20(12-14)27-13-26-18)15-5-7-16(8-6-15)22-21(24)19-2-1-11-25-19/h1-12H,13H2,(H,22,24)/b9-3+. The normalized spacial score (nSPS) is 12.3. The number of ether oxygens (including phenoxy) is 2. The van der Waals surface area contributed by atoms with E-state index in [4.69, 9.17) is 13.9 Å². The highest BCUT2D eigenvalue weighted by Crippen LogP contribution is 2.32. The van der Waals surface area contributed by atoms with Crippen LogP contribution >= 0.6 is 0 Å². The summed E-state index contributed by atoms with van der Waals surface area (Å²) in [6, 6.07) is 15.4. The Balaban J connectivity index is 1.41. The van der Waals surface area contributed by atoms with E-state index in [-0.39, 0.29) is 24.2 Å². The highest BCUT2D eigenvalue weighted by molar-refractivity contribution is 6.07. The van der Waals surface area contributed by atoms with Crippen molar-refractivity contribution < 1.29 is 23.5 Å². The quantitative estimate of drug-likeness (QED) is 0.545. The number of nitrogens with one attached hydrogen (secondary N) is 1. The van der Waals surface area contributed by atoms with Crippen LogP contribution in [0.15, 0.2) is 71.4 Å². The van der Waals surface area contributed by atoms with E-state index in [9.17, 15) is 9.59 Å². The predicted molar refractivity (Wildman–Crippen MR) is 99.0 cm³/mol. The Morgan fingerprint density at radius 3 is 2.56 bits per heavy atom. The van der Waals surface area contributed by atoms with Gasteiger partial charge in [0.15, 0.2) is 23.0 Å². The summed E-state index contributed by atoms with van der Waals surface area (Å²) in [5, 5.41) is 2.70. The Morgan fingerprint density at radius 2 is 1.78 bits per heavy atom. The summed E-state index contributed by atoms with van der Waals surface area (Å²) in [7, 11) is 0. The Hall–Kier alpha value is -3.80. The van der Waals surface area contributed by atoms with Crippen LogP contribution in [0.3, 0.4) is 0 Å². The number of carbonyl (C=O) groups is 2. The van der Waals surface area contributed by atoms with Crippen LogP contribution in [-0.4, -0.2) is 18.5 Å². The lowest BCUT2D eigenvalue weighted by molar-refractivity contribution is 0.0996. The van der Waals surface area contributed by atoms with Crippen LogP contribution in [0.25, 0.3) is 6.08 Å². The van der Waals surface area contributed by atoms with Crippen molar-refractivity contribution in [3.63, 3.8) is 0 Å². The van der Waals surface area contributed by atoms with Gasteiger partial charge in [0, 0.05) is 11.3 Å². The minimum atomic E-state index is -0.346. The van der Waals surface area contributed by atoms with Crippen molar-refractivity contribution in [2.45, 2.75) is 0 Å². The molecular formula is C21H15NO5. The van der Waals surface area contributed by atoms with Gasteiger partial charge in [-0.2, -0.15) is 0 Å². The van der Waals surface area contributed by atoms with Gasteiger partial charge in [0.05, 0.1) is 6.26 Å². The van der Waals surface area contributed by atoms with Crippen LogP contribution in [0.4, 0.5) is 5.69 Å². The molecule has 1 amide bonds. The largest absolute Gasteiger partial charge is 0.459 e. The third kappa shape index (κ3) is 3.74. The van der Waals surface area contributed by atoms with E-state index in [1.54, 1.807) is 42.5 Å². The highest BCUT2D eigenvalue weighted by atomic mass is 16.7. The Labute approximate surface area is 155 Å². The molecule has 1 aliphatic heterocycles. The molecule has 0 saturated heterocycles. The maximum Gasteiger partial charge on any atom is 0.291 e. The van der Waals surface area contributed by atoms with E-state index in [0.29, 0.717) is 22.7 Å². The first-order valence-electron chi connectivity index (χ1n) is 8.26. The van der Waals surface area contributed by atoms with E-state index in [1.165, 1.54) is 12.3 Å². The van der Waals surface area contributed by atoms with E-state index < -0.39 is 0 Å². The van der Waals surface area contributed by atoms with E-state index in [0.717, 1.165) is 5.56 Å². The van der Waals surface area contributed by atoms with Gasteiger partial charge in [0.2, 0.25) is 6.79 Å². The lowest BCUT2D eigenvalue weighted by atomic mass is 10.1. The zero-order valence-corrected chi connectivity index (χ0v) is 14.2. The van der Waals surface area contributed by atoms with Crippen molar-refractivity contribution in [3.8, 4) is 11.5 Å². The SMILES string of the molecule is O=C(/C=C/c1ccc2c(c1)OCO2)c1ccc(NC(=O)c2ccco2)cc1. The molecule has 6 nitrogen and oxygen atoms in total. The van der Waals surface area contributed by atoms with Gasteiger partial charge >= 0.3 is 0 Å². The number of ketones is 1. The smallest absolute Gasteiger partial charge is 0.291 e. The van der Waals surface area contributed by atoms with Gasteiger partial charge in [-0.3, -0.25) is 9.59 Å². The Kier molecular flexibility index (Phi) is 4.45. The molecule has 0 bridgehead atoms. The number of benzene rings is 2. The monoisotopic (exact) mass is 361 g/mol. The molecule has 0 spiro atoms. The van der Waals surface area contributed by atoms with Gasteiger partial charge in [-0.15, -0.1) is 0 Å². The molecule has 134 valence electrons.